The van der Waals surface area contributed by atoms with Crippen molar-refractivity contribution >= 4 is 54.3 Å². The first-order valence-electron chi connectivity index (χ1n) is 24.1. The van der Waals surface area contributed by atoms with E-state index in [0.29, 0.717) is 5.82 Å². The molecule has 2 heterocycles. The summed E-state index contributed by atoms with van der Waals surface area (Å²) in [5.41, 5.74) is 18.6. The second kappa shape index (κ2) is 15.6. The lowest BCUT2D eigenvalue weighted by molar-refractivity contribution is 0.661. The Morgan fingerprint density at radius 1 is 0.314 bits per heavy atom. The summed E-state index contributed by atoms with van der Waals surface area (Å²) in [6, 6.07) is 83.5. The molecule has 0 unspecified atom stereocenters. The molecule has 0 bridgehead atoms. The van der Waals surface area contributed by atoms with Gasteiger partial charge in [0, 0.05) is 32.9 Å². The highest BCUT2D eigenvalue weighted by molar-refractivity contribution is 6.09. The Bertz CT molecular complexity index is 4270. The van der Waals surface area contributed by atoms with E-state index in [1.807, 2.05) is 18.2 Å². The lowest BCUT2D eigenvalue weighted by atomic mass is 9.81. The predicted molar refractivity (Wildman–Crippen MR) is 292 cm³/mol. The third-order valence-electron chi connectivity index (χ3n) is 14.9. The van der Waals surface area contributed by atoms with Crippen LogP contribution < -0.4 is 0 Å². The molecular weight excluding hydrogens is 849 g/mol. The fourth-order valence-electron chi connectivity index (χ4n) is 11.4. The second-order valence-electron chi connectivity index (χ2n) is 19.3. The smallest absolute Gasteiger partial charge is 0.160 e. The minimum Gasteiger partial charge on any atom is -0.456 e. The van der Waals surface area contributed by atoms with Crippen molar-refractivity contribution in [3.63, 3.8) is 0 Å². The van der Waals surface area contributed by atoms with Gasteiger partial charge >= 0.3 is 0 Å². The maximum Gasteiger partial charge on any atom is 0.160 e. The summed E-state index contributed by atoms with van der Waals surface area (Å²) in [7, 11) is 0. The first kappa shape index (κ1) is 40.2. The summed E-state index contributed by atoms with van der Waals surface area (Å²) < 4.78 is 6.29. The summed E-state index contributed by atoms with van der Waals surface area (Å²) >= 11 is 0. The number of hydrogen-bond acceptors (Lipinski definition) is 3. The van der Waals surface area contributed by atoms with E-state index >= 15 is 0 Å². The normalized spacial score (nSPS) is 12.8. The van der Waals surface area contributed by atoms with Crippen LogP contribution in [0.4, 0.5) is 0 Å². The first-order chi connectivity index (χ1) is 34.4. The Morgan fingerprint density at radius 2 is 0.886 bits per heavy atom. The van der Waals surface area contributed by atoms with Crippen LogP contribution in [0.2, 0.25) is 0 Å². The topological polar surface area (TPSA) is 38.9 Å². The van der Waals surface area contributed by atoms with E-state index in [1.54, 1.807) is 0 Å². The highest BCUT2D eigenvalue weighted by Crippen LogP contribution is 2.53. The fourth-order valence-corrected chi connectivity index (χ4v) is 11.4. The highest BCUT2D eigenvalue weighted by atomic mass is 16.3. The van der Waals surface area contributed by atoms with Crippen LogP contribution in [-0.4, -0.2) is 9.97 Å². The van der Waals surface area contributed by atoms with Crippen LogP contribution in [0.1, 0.15) is 25.0 Å². The Morgan fingerprint density at radius 3 is 1.69 bits per heavy atom. The average molecular weight is 893 g/mol. The molecule has 328 valence electrons. The quantitative estimate of drug-likeness (QED) is 0.167. The zero-order chi connectivity index (χ0) is 46.5. The lowest BCUT2D eigenvalue weighted by Crippen LogP contribution is -2.14. The fraction of sp³-hybridized carbons (Fsp3) is 0.0448. The van der Waals surface area contributed by atoms with Crippen molar-refractivity contribution in [1.29, 1.82) is 0 Å². The molecule has 11 aromatic carbocycles. The standard InChI is InChI=1S/C67H44N2O/c1-67(2)59-28-15-27-56(65(59)58-38-43-19-6-7-20-44(43)39-60(58)67)62-40-61(68-66(69-62)42-17-4-3-5-18-42)54-32-31-51(52-23-10-11-24-53(52)54)48-35-46(34-47(36-48)50-26-14-21-41-16-8-9-22-49(41)50)45-30-33-64-57(37-45)55-25-12-13-29-63(55)70-64/h3-40H,1-2H3. The summed E-state index contributed by atoms with van der Waals surface area (Å²) in [4.78, 5) is 10.8. The molecular formula is C67H44N2O. The Kier molecular flexibility index (Phi) is 8.93. The number of fused-ring (bicyclic) bond motifs is 9. The molecule has 70 heavy (non-hydrogen) atoms. The summed E-state index contributed by atoms with van der Waals surface area (Å²) in [5, 5.41) is 9.45. The minimum absolute atomic E-state index is 0.181. The van der Waals surface area contributed by atoms with Gasteiger partial charge in [0.05, 0.1) is 11.4 Å². The van der Waals surface area contributed by atoms with Crippen molar-refractivity contribution in [3.8, 4) is 78.4 Å². The molecule has 2 aromatic heterocycles. The van der Waals surface area contributed by atoms with Gasteiger partial charge < -0.3 is 4.42 Å². The van der Waals surface area contributed by atoms with E-state index in [1.165, 1.54) is 49.4 Å². The second-order valence-corrected chi connectivity index (χ2v) is 19.3. The van der Waals surface area contributed by atoms with Gasteiger partial charge in [-0.15, -0.1) is 0 Å². The molecule has 0 fully saturated rings. The molecule has 0 atom stereocenters. The molecule has 1 aliphatic carbocycles. The Labute approximate surface area is 406 Å². The Hall–Kier alpha value is -8.92. The van der Waals surface area contributed by atoms with Crippen LogP contribution in [0.3, 0.4) is 0 Å². The highest BCUT2D eigenvalue weighted by Gasteiger charge is 2.37. The SMILES string of the molecule is CC1(C)c2cc3ccccc3cc2-c2c(-c3cc(-c4ccc(-c5cc(-c6ccc7oc8ccccc8c7c6)cc(-c6cccc7ccccc67)c5)c5ccccc45)nc(-c4ccccc4)n3)cccc21. The van der Waals surface area contributed by atoms with E-state index in [-0.39, 0.29) is 5.41 Å². The van der Waals surface area contributed by atoms with Crippen molar-refractivity contribution in [1.82, 2.24) is 9.97 Å². The van der Waals surface area contributed by atoms with Gasteiger partial charge in [-0.3, -0.25) is 0 Å². The third-order valence-corrected chi connectivity index (χ3v) is 14.9. The largest absolute Gasteiger partial charge is 0.456 e. The molecule has 0 saturated heterocycles. The number of nitrogens with zero attached hydrogens (tertiary/aromatic N) is 2. The zero-order valence-electron chi connectivity index (χ0n) is 38.7. The number of para-hydroxylation sites is 1. The third kappa shape index (κ3) is 6.36. The van der Waals surface area contributed by atoms with Gasteiger partial charge in [-0.25, -0.2) is 9.97 Å². The first-order valence-corrected chi connectivity index (χ1v) is 24.1. The van der Waals surface area contributed by atoms with Crippen LogP contribution >= 0.6 is 0 Å². The maximum atomic E-state index is 6.29. The number of hydrogen-bond donors (Lipinski definition) is 0. The van der Waals surface area contributed by atoms with Gasteiger partial charge in [0.1, 0.15) is 11.2 Å². The van der Waals surface area contributed by atoms with Gasteiger partial charge in [0.2, 0.25) is 0 Å². The van der Waals surface area contributed by atoms with Crippen LogP contribution in [0.5, 0.6) is 0 Å². The monoisotopic (exact) mass is 892 g/mol. The molecule has 3 nitrogen and oxygen atoms in total. The zero-order valence-corrected chi connectivity index (χ0v) is 38.7. The number of furan rings is 1. The van der Waals surface area contributed by atoms with Crippen molar-refractivity contribution < 1.29 is 4.42 Å². The molecule has 0 spiro atoms. The maximum absolute atomic E-state index is 6.29. The van der Waals surface area contributed by atoms with E-state index in [4.69, 9.17) is 14.4 Å². The van der Waals surface area contributed by atoms with Crippen LogP contribution in [-0.2, 0) is 5.41 Å². The van der Waals surface area contributed by atoms with Gasteiger partial charge in [0.25, 0.3) is 0 Å². The molecule has 0 saturated carbocycles. The lowest BCUT2D eigenvalue weighted by Gasteiger charge is -2.22. The summed E-state index contributed by atoms with van der Waals surface area (Å²) in [5.74, 6) is 0.699. The average Bonchev–Trinajstić information content (AvgIpc) is 3.90. The van der Waals surface area contributed by atoms with Gasteiger partial charge in [0.15, 0.2) is 5.82 Å². The van der Waals surface area contributed by atoms with Crippen LogP contribution in [0.25, 0.3) is 133 Å². The molecule has 14 rings (SSSR count). The number of aromatic nitrogens is 2. The molecule has 0 amide bonds. The molecule has 13 aromatic rings. The van der Waals surface area contributed by atoms with Crippen molar-refractivity contribution in [2.24, 2.45) is 0 Å². The number of benzene rings is 11. The summed E-state index contributed by atoms with van der Waals surface area (Å²) in [6.07, 6.45) is 0. The molecule has 1 aliphatic rings. The van der Waals surface area contributed by atoms with Gasteiger partial charge in [-0.2, -0.15) is 0 Å². The van der Waals surface area contributed by atoms with E-state index in [2.05, 4.69) is 226 Å². The van der Waals surface area contributed by atoms with E-state index in [0.717, 1.165) is 88.6 Å². The Balaban J connectivity index is 0.971. The van der Waals surface area contributed by atoms with E-state index in [9.17, 15) is 0 Å². The number of rotatable bonds is 6. The summed E-state index contributed by atoms with van der Waals surface area (Å²) in [6.45, 7) is 4.70. The predicted octanol–water partition coefficient (Wildman–Crippen LogP) is 18.1. The van der Waals surface area contributed by atoms with Crippen LogP contribution in [0, 0.1) is 0 Å². The van der Waals surface area contributed by atoms with E-state index < -0.39 is 0 Å². The van der Waals surface area contributed by atoms with Crippen molar-refractivity contribution in [2.45, 2.75) is 19.3 Å². The molecule has 0 aliphatic heterocycles. The van der Waals surface area contributed by atoms with Crippen LogP contribution in [0.15, 0.2) is 235 Å². The molecule has 3 heteroatoms. The van der Waals surface area contributed by atoms with Gasteiger partial charge in [-0.05, 0) is 143 Å². The van der Waals surface area contributed by atoms with Crippen molar-refractivity contribution in [2.75, 3.05) is 0 Å². The van der Waals surface area contributed by atoms with Gasteiger partial charge in [-0.1, -0.05) is 190 Å². The molecule has 0 N–H and O–H groups in total. The minimum atomic E-state index is -0.181. The van der Waals surface area contributed by atoms with Crippen molar-refractivity contribution in [3.05, 3.63) is 242 Å². The molecule has 0 radical (unpaired) electrons.